The highest BCUT2D eigenvalue weighted by Crippen LogP contribution is 2.41. The molecule has 0 aliphatic heterocycles. The number of nitrogens with one attached hydrogen (secondary N) is 1. The Balaban J connectivity index is 2.72. The molecule has 7 heteroatoms. The van der Waals surface area contributed by atoms with Gasteiger partial charge in [-0.1, -0.05) is 38.1 Å². The summed E-state index contributed by atoms with van der Waals surface area (Å²) in [6.07, 6.45) is 0.984. The van der Waals surface area contributed by atoms with E-state index >= 15 is 0 Å². The quantitative estimate of drug-likeness (QED) is 0.301. The minimum atomic E-state index is -3.53. The molecule has 0 saturated heterocycles. The fourth-order valence-electron chi connectivity index (χ4n) is 4.42. The van der Waals surface area contributed by atoms with Gasteiger partial charge in [-0.05, 0) is 79.1 Å². The summed E-state index contributed by atoms with van der Waals surface area (Å²) >= 11 is 0. The van der Waals surface area contributed by atoms with Crippen molar-refractivity contribution in [1.29, 1.82) is 0 Å². The molecular weight excluding hydrogens is 452 g/mol. The SMILES string of the molecule is C/C=C/C(F)(F)Oc1ccc(/C=C/C(=O)O)cc1-c1ccc(C)c(C(C)(C)CC(=O)NCC)c1C. The van der Waals surface area contributed by atoms with E-state index in [1.54, 1.807) is 6.07 Å². The topological polar surface area (TPSA) is 75.6 Å². The van der Waals surface area contributed by atoms with Gasteiger partial charge in [0, 0.05) is 30.7 Å². The Morgan fingerprint density at radius 3 is 2.40 bits per heavy atom. The van der Waals surface area contributed by atoms with Crippen molar-refractivity contribution in [3.63, 3.8) is 0 Å². The summed E-state index contributed by atoms with van der Waals surface area (Å²) < 4.78 is 33.8. The van der Waals surface area contributed by atoms with E-state index in [0.29, 0.717) is 29.3 Å². The summed E-state index contributed by atoms with van der Waals surface area (Å²) in [5, 5.41) is 11.8. The fourth-order valence-corrected chi connectivity index (χ4v) is 4.42. The largest absolute Gasteiger partial charge is 0.478 e. The Morgan fingerprint density at radius 1 is 1.11 bits per heavy atom. The lowest BCUT2D eigenvalue weighted by Crippen LogP contribution is -2.32. The van der Waals surface area contributed by atoms with Crippen molar-refractivity contribution in [3.8, 4) is 16.9 Å². The van der Waals surface area contributed by atoms with Crippen molar-refractivity contribution < 1.29 is 28.2 Å². The van der Waals surface area contributed by atoms with Crippen molar-refractivity contribution in [2.75, 3.05) is 6.54 Å². The summed E-state index contributed by atoms with van der Waals surface area (Å²) in [5.74, 6) is -1.23. The molecule has 35 heavy (non-hydrogen) atoms. The predicted octanol–water partition coefficient (Wildman–Crippen LogP) is 6.42. The van der Waals surface area contributed by atoms with Crippen LogP contribution < -0.4 is 10.1 Å². The van der Waals surface area contributed by atoms with Gasteiger partial charge in [-0.2, -0.15) is 8.78 Å². The number of halogens is 2. The molecule has 0 atom stereocenters. The van der Waals surface area contributed by atoms with Crippen molar-refractivity contribution in [2.45, 2.75) is 59.5 Å². The third kappa shape index (κ3) is 7.25. The maximum absolute atomic E-state index is 14.4. The van der Waals surface area contributed by atoms with Crippen LogP contribution in [0.4, 0.5) is 8.78 Å². The molecule has 0 aliphatic rings. The van der Waals surface area contributed by atoms with Gasteiger partial charge in [-0.25, -0.2) is 4.79 Å². The first kappa shape index (κ1) is 27.8. The Hall–Kier alpha value is -3.48. The standard InChI is InChI=1S/C28H33F2NO4/c1-7-15-28(29,30)35-23-13-10-20(11-14-25(33)34)16-22(23)21-12-9-18(3)26(19(21)4)27(5,6)17-24(32)31-8-2/h7,9-16H,8,17H2,1-6H3,(H,31,32)(H,33,34)/b14-11+,15-7+. The lowest BCUT2D eigenvalue weighted by Gasteiger charge is -2.30. The number of allylic oxidation sites excluding steroid dienone is 1. The van der Waals surface area contributed by atoms with Gasteiger partial charge in [-0.3, -0.25) is 4.79 Å². The van der Waals surface area contributed by atoms with Gasteiger partial charge in [-0.15, -0.1) is 0 Å². The van der Waals surface area contributed by atoms with Crippen molar-refractivity contribution in [1.82, 2.24) is 5.32 Å². The van der Waals surface area contributed by atoms with Crippen LogP contribution in [-0.2, 0) is 15.0 Å². The smallest absolute Gasteiger partial charge is 0.419 e. The molecule has 0 radical (unpaired) electrons. The molecule has 0 unspecified atom stereocenters. The van der Waals surface area contributed by atoms with Crippen LogP contribution in [0.1, 0.15) is 56.4 Å². The van der Waals surface area contributed by atoms with Crippen LogP contribution >= 0.6 is 0 Å². The van der Waals surface area contributed by atoms with E-state index in [-0.39, 0.29) is 18.1 Å². The molecule has 0 aromatic heterocycles. The van der Waals surface area contributed by atoms with E-state index in [4.69, 9.17) is 9.84 Å². The van der Waals surface area contributed by atoms with E-state index in [2.05, 4.69) is 5.32 Å². The lowest BCUT2D eigenvalue weighted by molar-refractivity contribution is -0.132. The molecule has 0 aliphatic carbocycles. The van der Waals surface area contributed by atoms with Crippen LogP contribution in [0.25, 0.3) is 17.2 Å². The number of hydrogen-bond donors (Lipinski definition) is 2. The molecule has 2 rings (SSSR count). The van der Waals surface area contributed by atoms with Crippen molar-refractivity contribution >= 4 is 18.0 Å². The van der Waals surface area contributed by atoms with Gasteiger partial charge in [0.25, 0.3) is 0 Å². The maximum atomic E-state index is 14.4. The van der Waals surface area contributed by atoms with Crippen molar-refractivity contribution in [2.24, 2.45) is 0 Å². The fraction of sp³-hybridized carbons (Fsp3) is 0.357. The molecule has 5 nitrogen and oxygen atoms in total. The average molecular weight is 486 g/mol. The number of hydrogen-bond acceptors (Lipinski definition) is 3. The van der Waals surface area contributed by atoms with Gasteiger partial charge in [0.1, 0.15) is 5.75 Å². The van der Waals surface area contributed by atoms with Crippen LogP contribution in [0.5, 0.6) is 5.75 Å². The monoisotopic (exact) mass is 485 g/mol. The predicted molar refractivity (Wildman–Crippen MR) is 135 cm³/mol. The number of aryl methyl sites for hydroxylation is 1. The molecular formula is C28H33F2NO4. The normalized spacial score (nSPS) is 12.3. The third-order valence-electron chi connectivity index (χ3n) is 5.65. The summed E-state index contributed by atoms with van der Waals surface area (Å²) in [6, 6.07) is 8.28. The Labute approximate surface area is 205 Å². The average Bonchev–Trinajstić information content (AvgIpc) is 2.72. The van der Waals surface area contributed by atoms with Crippen LogP contribution in [0.3, 0.4) is 0 Å². The molecule has 0 spiro atoms. The van der Waals surface area contributed by atoms with Gasteiger partial charge in [0.05, 0.1) is 0 Å². The summed E-state index contributed by atoms with van der Waals surface area (Å²) in [7, 11) is 0. The summed E-state index contributed by atoms with van der Waals surface area (Å²) in [5.41, 5.74) is 3.80. The molecule has 0 bridgehead atoms. The van der Waals surface area contributed by atoms with Crippen molar-refractivity contribution in [3.05, 3.63) is 70.8 Å². The van der Waals surface area contributed by atoms with E-state index in [0.717, 1.165) is 22.8 Å². The van der Waals surface area contributed by atoms with Crippen LogP contribution in [0.15, 0.2) is 48.6 Å². The van der Waals surface area contributed by atoms with E-state index < -0.39 is 17.5 Å². The summed E-state index contributed by atoms with van der Waals surface area (Å²) in [4.78, 5) is 23.4. The number of amides is 1. The zero-order valence-corrected chi connectivity index (χ0v) is 21.0. The Kier molecular flexibility index (Phi) is 8.96. The number of alkyl halides is 2. The van der Waals surface area contributed by atoms with E-state index in [1.165, 1.54) is 31.2 Å². The second kappa shape index (κ2) is 11.3. The molecule has 1 amide bonds. The number of carboxylic acids is 1. The zero-order chi connectivity index (χ0) is 26.4. The van der Waals surface area contributed by atoms with Crippen LogP contribution in [-0.4, -0.2) is 29.6 Å². The van der Waals surface area contributed by atoms with E-state index in [1.807, 2.05) is 46.8 Å². The Morgan fingerprint density at radius 2 is 1.80 bits per heavy atom. The first-order valence-electron chi connectivity index (χ1n) is 11.4. The minimum absolute atomic E-state index is 0.0417. The number of benzene rings is 2. The number of carbonyl (C=O) groups excluding carboxylic acids is 1. The van der Waals surface area contributed by atoms with Gasteiger partial charge in [0.2, 0.25) is 5.91 Å². The number of rotatable bonds is 10. The highest BCUT2D eigenvalue weighted by molar-refractivity contribution is 5.86. The highest BCUT2D eigenvalue weighted by Gasteiger charge is 2.31. The molecule has 2 N–H and O–H groups in total. The highest BCUT2D eigenvalue weighted by atomic mass is 19.3. The molecule has 0 heterocycles. The lowest BCUT2D eigenvalue weighted by atomic mass is 9.75. The zero-order valence-electron chi connectivity index (χ0n) is 21.0. The molecule has 2 aromatic carbocycles. The second-order valence-corrected chi connectivity index (χ2v) is 9.04. The first-order valence-corrected chi connectivity index (χ1v) is 11.4. The van der Waals surface area contributed by atoms with Gasteiger partial charge in [0.15, 0.2) is 0 Å². The number of aliphatic carboxylic acids is 1. The first-order chi connectivity index (χ1) is 16.3. The Bertz CT molecular complexity index is 1150. The van der Waals surface area contributed by atoms with E-state index in [9.17, 15) is 18.4 Å². The van der Waals surface area contributed by atoms with Crippen LogP contribution in [0.2, 0.25) is 0 Å². The molecule has 188 valence electrons. The number of carbonyl (C=O) groups is 2. The maximum Gasteiger partial charge on any atom is 0.419 e. The molecule has 0 fully saturated rings. The number of ether oxygens (including phenoxy) is 1. The number of carboxylic acid groups (broad SMARTS) is 1. The molecule has 0 saturated carbocycles. The third-order valence-corrected chi connectivity index (χ3v) is 5.65. The van der Waals surface area contributed by atoms with Crippen LogP contribution in [0, 0.1) is 13.8 Å². The molecule has 2 aromatic rings. The van der Waals surface area contributed by atoms with Gasteiger partial charge >= 0.3 is 12.1 Å². The minimum Gasteiger partial charge on any atom is -0.478 e. The van der Waals surface area contributed by atoms with Gasteiger partial charge < -0.3 is 15.2 Å². The second-order valence-electron chi connectivity index (χ2n) is 9.04. The summed E-state index contributed by atoms with van der Waals surface area (Å²) in [6.45, 7) is 11.7.